The SMILES string of the molecule is Cc1ccc(-c2nn(-c3ccc(F)cc3)cc2C(=O)N2CCC(CN)C2)cc1. The fourth-order valence-corrected chi connectivity index (χ4v) is 3.56. The number of hydrogen-bond donors (Lipinski definition) is 1. The lowest BCUT2D eigenvalue weighted by Crippen LogP contribution is -2.30. The van der Waals surface area contributed by atoms with Crippen LogP contribution in [0.5, 0.6) is 0 Å². The number of hydrogen-bond acceptors (Lipinski definition) is 3. The first-order chi connectivity index (χ1) is 13.5. The lowest BCUT2D eigenvalue weighted by atomic mass is 10.1. The van der Waals surface area contributed by atoms with E-state index in [0.29, 0.717) is 42.5 Å². The van der Waals surface area contributed by atoms with E-state index < -0.39 is 0 Å². The van der Waals surface area contributed by atoms with Gasteiger partial charge in [0, 0.05) is 24.8 Å². The van der Waals surface area contributed by atoms with Crippen molar-refractivity contribution in [3.8, 4) is 16.9 Å². The van der Waals surface area contributed by atoms with Crippen LogP contribution < -0.4 is 5.73 Å². The number of halogens is 1. The predicted octanol–water partition coefficient (Wildman–Crippen LogP) is 3.41. The van der Waals surface area contributed by atoms with Crippen molar-refractivity contribution in [2.75, 3.05) is 19.6 Å². The van der Waals surface area contributed by atoms with E-state index >= 15 is 0 Å². The standard InChI is InChI=1S/C22H23FN4O/c1-15-2-4-17(5-3-15)21-20(22(28)26-11-10-16(12-24)13-26)14-27(25-21)19-8-6-18(23)7-9-19/h2-9,14,16H,10-13,24H2,1H3. The zero-order valence-electron chi connectivity index (χ0n) is 15.8. The third-order valence-corrected chi connectivity index (χ3v) is 5.27. The van der Waals surface area contributed by atoms with Crippen LogP contribution in [-0.4, -0.2) is 40.2 Å². The topological polar surface area (TPSA) is 64.2 Å². The minimum atomic E-state index is -0.309. The van der Waals surface area contributed by atoms with Gasteiger partial charge in [0.25, 0.3) is 5.91 Å². The second-order valence-corrected chi connectivity index (χ2v) is 7.32. The minimum absolute atomic E-state index is 0.0418. The molecule has 0 aliphatic carbocycles. The molecule has 3 aromatic rings. The van der Waals surface area contributed by atoms with Crippen LogP contribution in [0.15, 0.2) is 54.7 Å². The van der Waals surface area contributed by atoms with E-state index in [2.05, 4.69) is 5.10 Å². The van der Waals surface area contributed by atoms with Crippen LogP contribution in [0, 0.1) is 18.7 Å². The number of benzene rings is 2. The first-order valence-corrected chi connectivity index (χ1v) is 9.47. The summed E-state index contributed by atoms with van der Waals surface area (Å²) in [6, 6.07) is 14.0. The summed E-state index contributed by atoms with van der Waals surface area (Å²) in [6.07, 6.45) is 2.66. The quantitative estimate of drug-likeness (QED) is 0.757. The Morgan fingerprint density at radius 3 is 2.54 bits per heavy atom. The van der Waals surface area contributed by atoms with Crippen LogP contribution in [0.25, 0.3) is 16.9 Å². The van der Waals surface area contributed by atoms with Gasteiger partial charge in [0.1, 0.15) is 11.5 Å². The van der Waals surface area contributed by atoms with Gasteiger partial charge >= 0.3 is 0 Å². The van der Waals surface area contributed by atoms with Crippen molar-refractivity contribution in [3.05, 3.63) is 71.7 Å². The van der Waals surface area contributed by atoms with E-state index in [9.17, 15) is 9.18 Å². The molecule has 0 bridgehead atoms. The summed E-state index contributed by atoms with van der Waals surface area (Å²) in [5.74, 6) is -0.00494. The largest absolute Gasteiger partial charge is 0.338 e. The Labute approximate surface area is 163 Å². The van der Waals surface area contributed by atoms with Crippen molar-refractivity contribution in [2.24, 2.45) is 11.7 Å². The molecule has 1 aliphatic heterocycles. The fourth-order valence-electron chi connectivity index (χ4n) is 3.56. The number of aromatic nitrogens is 2. The number of carbonyl (C=O) groups excluding carboxylic acids is 1. The minimum Gasteiger partial charge on any atom is -0.338 e. The second kappa shape index (κ2) is 7.56. The number of amides is 1. The molecule has 0 spiro atoms. The molecule has 1 atom stereocenters. The van der Waals surface area contributed by atoms with E-state index in [-0.39, 0.29) is 11.7 Å². The first-order valence-electron chi connectivity index (χ1n) is 9.47. The molecule has 28 heavy (non-hydrogen) atoms. The average molecular weight is 378 g/mol. The highest BCUT2D eigenvalue weighted by molar-refractivity contribution is 6.00. The molecule has 1 saturated heterocycles. The van der Waals surface area contributed by atoms with Crippen LogP contribution in [0.4, 0.5) is 4.39 Å². The number of carbonyl (C=O) groups is 1. The number of rotatable bonds is 4. The average Bonchev–Trinajstić information content (AvgIpc) is 3.36. The van der Waals surface area contributed by atoms with E-state index in [1.54, 1.807) is 23.0 Å². The molecule has 0 radical (unpaired) electrons. The van der Waals surface area contributed by atoms with Gasteiger partial charge in [0.15, 0.2) is 0 Å². The van der Waals surface area contributed by atoms with Crippen molar-refractivity contribution < 1.29 is 9.18 Å². The van der Waals surface area contributed by atoms with Crippen LogP contribution >= 0.6 is 0 Å². The van der Waals surface area contributed by atoms with Crippen molar-refractivity contribution in [2.45, 2.75) is 13.3 Å². The molecule has 1 amide bonds. The molecule has 1 fully saturated rings. The lowest BCUT2D eigenvalue weighted by Gasteiger charge is -2.16. The van der Waals surface area contributed by atoms with Gasteiger partial charge in [-0.2, -0.15) is 5.10 Å². The van der Waals surface area contributed by atoms with Crippen LogP contribution in [-0.2, 0) is 0 Å². The third-order valence-electron chi connectivity index (χ3n) is 5.27. The molecule has 144 valence electrons. The number of likely N-dealkylation sites (tertiary alicyclic amines) is 1. The van der Waals surface area contributed by atoms with Gasteiger partial charge in [-0.25, -0.2) is 9.07 Å². The maximum absolute atomic E-state index is 13.3. The lowest BCUT2D eigenvalue weighted by molar-refractivity contribution is 0.0788. The zero-order valence-corrected chi connectivity index (χ0v) is 15.8. The van der Waals surface area contributed by atoms with Crippen molar-refractivity contribution >= 4 is 5.91 Å². The highest BCUT2D eigenvalue weighted by Crippen LogP contribution is 2.27. The first kappa shape index (κ1) is 18.4. The molecule has 6 heteroatoms. The summed E-state index contributed by atoms with van der Waals surface area (Å²) in [7, 11) is 0. The van der Waals surface area contributed by atoms with E-state index in [1.807, 2.05) is 36.1 Å². The molecule has 1 aromatic heterocycles. The molecular weight excluding hydrogens is 355 g/mol. The maximum atomic E-state index is 13.3. The smallest absolute Gasteiger partial charge is 0.257 e. The number of aryl methyl sites for hydroxylation is 1. The van der Waals surface area contributed by atoms with Crippen LogP contribution in [0.3, 0.4) is 0 Å². The van der Waals surface area contributed by atoms with Gasteiger partial charge in [-0.15, -0.1) is 0 Å². The summed E-state index contributed by atoms with van der Waals surface area (Å²) >= 11 is 0. The highest BCUT2D eigenvalue weighted by atomic mass is 19.1. The van der Waals surface area contributed by atoms with Crippen LogP contribution in [0.2, 0.25) is 0 Å². The highest BCUT2D eigenvalue weighted by Gasteiger charge is 2.29. The van der Waals surface area contributed by atoms with Crippen molar-refractivity contribution in [1.82, 2.24) is 14.7 Å². The van der Waals surface area contributed by atoms with E-state index in [4.69, 9.17) is 5.73 Å². The second-order valence-electron chi connectivity index (χ2n) is 7.32. The van der Waals surface area contributed by atoms with E-state index in [0.717, 1.165) is 17.5 Å². The Kier molecular flexibility index (Phi) is 4.96. The van der Waals surface area contributed by atoms with E-state index in [1.165, 1.54) is 12.1 Å². The monoisotopic (exact) mass is 378 g/mol. The number of nitrogens with zero attached hydrogens (tertiary/aromatic N) is 3. The molecule has 0 saturated carbocycles. The predicted molar refractivity (Wildman–Crippen MR) is 107 cm³/mol. The Morgan fingerprint density at radius 1 is 1.18 bits per heavy atom. The Balaban J connectivity index is 1.75. The third kappa shape index (κ3) is 3.55. The summed E-state index contributed by atoms with van der Waals surface area (Å²) in [4.78, 5) is 15.1. The molecule has 1 unspecified atom stereocenters. The van der Waals surface area contributed by atoms with Crippen molar-refractivity contribution in [3.63, 3.8) is 0 Å². The fraction of sp³-hybridized carbons (Fsp3) is 0.273. The summed E-state index contributed by atoms with van der Waals surface area (Å²) in [5, 5.41) is 4.66. The van der Waals surface area contributed by atoms with Gasteiger partial charge in [-0.05, 0) is 50.1 Å². The summed E-state index contributed by atoms with van der Waals surface area (Å²) in [5.41, 5.74) is 9.68. The van der Waals surface area contributed by atoms with Gasteiger partial charge in [-0.3, -0.25) is 4.79 Å². The van der Waals surface area contributed by atoms with Gasteiger partial charge in [0.05, 0.1) is 11.3 Å². The Hall–Kier alpha value is -2.99. The Bertz CT molecular complexity index is 979. The van der Waals surface area contributed by atoms with Crippen molar-refractivity contribution in [1.29, 1.82) is 0 Å². The summed E-state index contributed by atoms with van der Waals surface area (Å²) < 4.78 is 14.9. The molecular formula is C22H23FN4O. The number of nitrogens with two attached hydrogens (primary N) is 1. The van der Waals surface area contributed by atoms with Gasteiger partial charge in [-0.1, -0.05) is 29.8 Å². The summed E-state index contributed by atoms with van der Waals surface area (Å²) in [6.45, 7) is 3.98. The molecule has 2 aromatic carbocycles. The Morgan fingerprint density at radius 2 is 1.89 bits per heavy atom. The molecule has 2 N–H and O–H groups in total. The molecule has 4 rings (SSSR count). The normalized spacial score (nSPS) is 16.5. The van der Waals surface area contributed by atoms with Crippen LogP contribution in [0.1, 0.15) is 22.3 Å². The molecule has 5 nitrogen and oxygen atoms in total. The molecule has 1 aliphatic rings. The van der Waals surface area contributed by atoms with Gasteiger partial charge in [0.2, 0.25) is 0 Å². The zero-order chi connectivity index (χ0) is 19.7. The van der Waals surface area contributed by atoms with Gasteiger partial charge < -0.3 is 10.6 Å². The maximum Gasteiger partial charge on any atom is 0.257 e. The molecule has 2 heterocycles.